The summed E-state index contributed by atoms with van der Waals surface area (Å²) in [6.07, 6.45) is 1.12. The Morgan fingerprint density at radius 1 is 1.62 bits per heavy atom. The molecule has 0 bridgehead atoms. The number of hydrogen-bond donors (Lipinski definition) is 1. The van der Waals surface area contributed by atoms with E-state index in [1.54, 1.807) is 3.58 Å². The van der Waals surface area contributed by atoms with Crippen molar-refractivity contribution in [2.24, 2.45) is 5.73 Å². The summed E-state index contributed by atoms with van der Waals surface area (Å²) in [5.41, 5.74) is 5.36. The zero-order valence-electron chi connectivity index (χ0n) is 4.63. The average Bonchev–Trinajstić information content (AvgIpc) is 2.19. The Hall–Kier alpha value is 0.230. The summed E-state index contributed by atoms with van der Waals surface area (Å²) in [5.74, 6) is 0. The van der Waals surface area contributed by atoms with E-state index in [-0.39, 0.29) is 20.4 Å². The normalized spacial score (nSPS) is 9.62. The van der Waals surface area contributed by atoms with Gasteiger partial charge in [-0.05, 0) is 0 Å². The molecule has 2 N–H and O–H groups in total. The van der Waals surface area contributed by atoms with E-state index in [0.717, 1.165) is 13.0 Å². The molecule has 0 saturated heterocycles. The number of rotatable bonds is 2. The van der Waals surface area contributed by atoms with E-state index in [1.165, 1.54) is 0 Å². The molecule has 1 heterocycles. The van der Waals surface area contributed by atoms with Gasteiger partial charge >= 0.3 is 58.9 Å². The van der Waals surface area contributed by atoms with Crippen LogP contribution in [0.4, 0.5) is 0 Å². The predicted molar refractivity (Wildman–Crippen MR) is 36.1 cm³/mol. The first-order valence-corrected chi connectivity index (χ1v) is 5.17. The van der Waals surface area contributed by atoms with Crippen LogP contribution in [-0.4, -0.2) is 27.0 Å². The van der Waals surface area contributed by atoms with Gasteiger partial charge in [-0.15, -0.1) is 0 Å². The third kappa shape index (κ3) is 1.63. The summed E-state index contributed by atoms with van der Waals surface area (Å²) in [6.45, 7) is 0.818. The summed E-state index contributed by atoms with van der Waals surface area (Å²) < 4.78 is 3.88. The standard InChI is InChI=1S/C6H9NTe/c7-4-3-6-2-1-5-8-6/h1-2,5H,3-4,7H2. The van der Waals surface area contributed by atoms with Crippen molar-refractivity contribution < 1.29 is 0 Å². The topological polar surface area (TPSA) is 26.0 Å². The third-order valence-corrected chi connectivity index (χ3v) is 3.64. The summed E-state index contributed by atoms with van der Waals surface area (Å²) in [7, 11) is 0. The van der Waals surface area contributed by atoms with Gasteiger partial charge in [0.25, 0.3) is 0 Å². The fourth-order valence-electron chi connectivity index (χ4n) is 0.597. The quantitative estimate of drug-likeness (QED) is 0.714. The predicted octanol–water partition coefficient (Wildman–Crippen LogP) is 0.245. The first-order chi connectivity index (χ1) is 3.93. The minimum absolute atomic E-state index is 0.116. The van der Waals surface area contributed by atoms with E-state index in [4.69, 9.17) is 5.73 Å². The van der Waals surface area contributed by atoms with Gasteiger partial charge in [-0.3, -0.25) is 0 Å². The Morgan fingerprint density at radius 3 is 3.00 bits per heavy atom. The zero-order chi connectivity index (χ0) is 5.82. The molecule has 44 valence electrons. The summed E-state index contributed by atoms with van der Waals surface area (Å²) in [4.78, 5) is 0. The second kappa shape index (κ2) is 3.29. The molecular weight excluding hydrogens is 214 g/mol. The first kappa shape index (κ1) is 6.35. The number of hydrogen-bond acceptors (Lipinski definition) is 1. The summed E-state index contributed by atoms with van der Waals surface area (Å²) >= 11 is 0.116. The van der Waals surface area contributed by atoms with Crippen LogP contribution in [0.1, 0.15) is 3.58 Å². The molecule has 0 aromatic carbocycles. The van der Waals surface area contributed by atoms with Crippen LogP contribution in [0.2, 0.25) is 0 Å². The summed E-state index contributed by atoms with van der Waals surface area (Å²) in [5, 5.41) is 0. The van der Waals surface area contributed by atoms with Gasteiger partial charge in [0.15, 0.2) is 0 Å². The van der Waals surface area contributed by atoms with Crippen molar-refractivity contribution in [1.29, 1.82) is 0 Å². The molecule has 1 aromatic rings. The molecule has 0 unspecified atom stereocenters. The average molecular weight is 223 g/mol. The molecule has 0 aliphatic rings. The van der Waals surface area contributed by atoms with E-state index >= 15 is 0 Å². The van der Waals surface area contributed by atoms with Crippen LogP contribution in [0.15, 0.2) is 16.2 Å². The molecule has 0 aliphatic heterocycles. The van der Waals surface area contributed by atoms with Gasteiger partial charge in [-0.25, -0.2) is 0 Å². The van der Waals surface area contributed by atoms with Gasteiger partial charge in [-0.2, -0.15) is 0 Å². The van der Waals surface area contributed by atoms with Crippen LogP contribution < -0.4 is 5.73 Å². The van der Waals surface area contributed by atoms with E-state index in [0.29, 0.717) is 0 Å². The molecule has 8 heavy (non-hydrogen) atoms. The van der Waals surface area contributed by atoms with Crippen molar-refractivity contribution in [3.63, 3.8) is 0 Å². The van der Waals surface area contributed by atoms with Gasteiger partial charge in [0.05, 0.1) is 0 Å². The van der Waals surface area contributed by atoms with Crippen molar-refractivity contribution in [3.8, 4) is 0 Å². The van der Waals surface area contributed by atoms with Gasteiger partial charge in [0, 0.05) is 0 Å². The van der Waals surface area contributed by atoms with E-state index < -0.39 is 0 Å². The molecule has 1 nitrogen and oxygen atoms in total. The van der Waals surface area contributed by atoms with Gasteiger partial charge in [-0.1, -0.05) is 0 Å². The molecule has 0 atom stereocenters. The number of nitrogens with two attached hydrogens (primary N) is 1. The van der Waals surface area contributed by atoms with Crippen molar-refractivity contribution >= 4 is 20.4 Å². The Balaban J connectivity index is 2.50. The second-order valence-corrected chi connectivity index (χ2v) is 4.56. The van der Waals surface area contributed by atoms with Gasteiger partial charge < -0.3 is 0 Å². The van der Waals surface area contributed by atoms with Gasteiger partial charge in [0.1, 0.15) is 0 Å². The van der Waals surface area contributed by atoms with Crippen LogP contribution in [0.5, 0.6) is 0 Å². The molecule has 0 saturated carbocycles. The Morgan fingerprint density at radius 2 is 2.50 bits per heavy atom. The third-order valence-electron chi connectivity index (χ3n) is 0.971. The van der Waals surface area contributed by atoms with Gasteiger partial charge in [0.2, 0.25) is 0 Å². The molecule has 1 rings (SSSR count). The molecule has 0 spiro atoms. The summed E-state index contributed by atoms with van der Waals surface area (Å²) in [6, 6.07) is 4.35. The van der Waals surface area contributed by atoms with Crippen molar-refractivity contribution in [2.75, 3.05) is 6.54 Å². The Labute approximate surface area is 59.1 Å². The zero-order valence-corrected chi connectivity index (χ0v) is 6.96. The molecule has 0 amide bonds. The van der Waals surface area contributed by atoms with Crippen LogP contribution >= 0.6 is 0 Å². The van der Waals surface area contributed by atoms with Crippen LogP contribution in [0.25, 0.3) is 0 Å². The fraction of sp³-hybridized carbons (Fsp3) is 0.333. The Kier molecular flexibility index (Phi) is 2.61. The van der Waals surface area contributed by atoms with E-state index in [2.05, 4.69) is 16.2 Å². The van der Waals surface area contributed by atoms with E-state index in [1.807, 2.05) is 0 Å². The molecule has 0 fully saturated rings. The molecular formula is C6H9NTe. The minimum atomic E-state index is 0.116. The Bertz CT molecular complexity index is 134. The maximum atomic E-state index is 5.36. The van der Waals surface area contributed by atoms with Crippen LogP contribution in [0, 0.1) is 0 Å². The second-order valence-electron chi connectivity index (χ2n) is 1.62. The molecule has 2 heteroatoms. The molecule has 0 aliphatic carbocycles. The van der Waals surface area contributed by atoms with Crippen molar-refractivity contribution in [2.45, 2.75) is 6.42 Å². The van der Waals surface area contributed by atoms with Crippen molar-refractivity contribution in [3.05, 3.63) is 19.8 Å². The molecule has 0 radical (unpaired) electrons. The maximum absolute atomic E-state index is 5.36. The van der Waals surface area contributed by atoms with Crippen molar-refractivity contribution in [1.82, 2.24) is 0 Å². The fourth-order valence-corrected chi connectivity index (χ4v) is 2.67. The first-order valence-electron chi connectivity index (χ1n) is 2.66. The molecule has 1 aromatic heterocycles. The van der Waals surface area contributed by atoms with E-state index in [9.17, 15) is 0 Å². The monoisotopic (exact) mass is 225 g/mol. The van der Waals surface area contributed by atoms with Crippen LogP contribution in [-0.2, 0) is 6.42 Å². The SMILES string of the molecule is NCCc1ccc[te]1. The van der Waals surface area contributed by atoms with Crippen LogP contribution in [0.3, 0.4) is 0 Å².